The van der Waals surface area contributed by atoms with Gasteiger partial charge in [0.2, 0.25) is 0 Å². The van der Waals surface area contributed by atoms with Crippen molar-refractivity contribution in [3.05, 3.63) is 35.3 Å². The highest BCUT2D eigenvalue weighted by Gasteiger charge is 2.11. The standard InChI is InChI=1S/C13H17N/c1-14-9-7-13(8-10-14)11-12-5-3-2-4-6-12/h3,6,11-12H,5,7-10H2,1H3. The average Bonchev–Trinajstić information content (AvgIpc) is 2.23. The molecule has 0 aromatic rings. The molecule has 0 aromatic heterocycles. The van der Waals surface area contributed by atoms with Crippen molar-refractivity contribution in [1.29, 1.82) is 0 Å². The summed E-state index contributed by atoms with van der Waals surface area (Å²) in [5, 5.41) is 0. The molecule has 1 saturated heterocycles. The number of piperidine rings is 1. The highest BCUT2D eigenvalue weighted by atomic mass is 15.1. The molecule has 1 fully saturated rings. The Morgan fingerprint density at radius 3 is 2.79 bits per heavy atom. The summed E-state index contributed by atoms with van der Waals surface area (Å²) < 4.78 is 0. The van der Waals surface area contributed by atoms with E-state index in [1.54, 1.807) is 5.57 Å². The third-order valence-corrected chi connectivity index (χ3v) is 2.95. The number of hydrogen-bond acceptors (Lipinski definition) is 1. The minimum absolute atomic E-state index is 0.578. The maximum atomic E-state index is 3.05. The van der Waals surface area contributed by atoms with E-state index >= 15 is 0 Å². The highest BCUT2D eigenvalue weighted by molar-refractivity contribution is 5.14. The zero-order chi connectivity index (χ0) is 9.80. The van der Waals surface area contributed by atoms with Gasteiger partial charge in [-0.25, -0.2) is 0 Å². The highest BCUT2D eigenvalue weighted by Crippen LogP contribution is 2.20. The van der Waals surface area contributed by atoms with Crippen molar-refractivity contribution < 1.29 is 0 Å². The molecule has 0 saturated carbocycles. The molecule has 1 unspecified atom stereocenters. The molecule has 0 radical (unpaired) electrons. The molecular weight excluding hydrogens is 170 g/mol. The van der Waals surface area contributed by atoms with Gasteiger partial charge in [0.15, 0.2) is 0 Å². The molecule has 2 rings (SSSR count). The summed E-state index contributed by atoms with van der Waals surface area (Å²) in [6, 6.07) is 0. The zero-order valence-corrected chi connectivity index (χ0v) is 8.79. The predicted molar refractivity (Wildman–Crippen MR) is 59.1 cm³/mol. The summed E-state index contributed by atoms with van der Waals surface area (Å²) in [7, 11) is 2.20. The van der Waals surface area contributed by atoms with E-state index in [0.29, 0.717) is 5.92 Å². The SMILES string of the molecule is CN1CCC(=CC2C=C=C=CC2)CC1. The largest absolute Gasteiger partial charge is 0.306 e. The van der Waals surface area contributed by atoms with Gasteiger partial charge < -0.3 is 4.90 Å². The predicted octanol–water partition coefficient (Wildman–Crippen LogP) is 2.52. The van der Waals surface area contributed by atoms with Gasteiger partial charge in [0, 0.05) is 19.0 Å². The van der Waals surface area contributed by atoms with Crippen molar-refractivity contribution in [2.75, 3.05) is 20.1 Å². The summed E-state index contributed by atoms with van der Waals surface area (Å²) in [4.78, 5) is 2.40. The maximum Gasteiger partial charge on any atom is 0.00724 e. The molecule has 1 heterocycles. The van der Waals surface area contributed by atoms with Crippen LogP contribution in [0.2, 0.25) is 0 Å². The fraction of sp³-hybridized carbons (Fsp3) is 0.538. The topological polar surface area (TPSA) is 3.24 Å². The Morgan fingerprint density at radius 2 is 2.14 bits per heavy atom. The Labute approximate surface area is 86.1 Å². The van der Waals surface area contributed by atoms with Gasteiger partial charge in [-0.05, 0) is 38.5 Å². The molecule has 1 nitrogen and oxygen atoms in total. The van der Waals surface area contributed by atoms with E-state index < -0.39 is 0 Å². The lowest BCUT2D eigenvalue weighted by Crippen LogP contribution is -2.26. The van der Waals surface area contributed by atoms with E-state index in [-0.39, 0.29) is 0 Å². The van der Waals surface area contributed by atoms with Crippen LogP contribution in [-0.4, -0.2) is 25.0 Å². The van der Waals surface area contributed by atoms with E-state index in [2.05, 4.69) is 41.6 Å². The van der Waals surface area contributed by atoms with Crippen LogP contribution in [0.25, 0.3) is 0 Å². The van der Waals surface area contributed by atoms with Crippen molar-refractivity contribution in [1.82, 2.24) is 4.90 Å². The van der Waals surface area contributed by atoms with E-state index in [1.807, 2.05) is 0 Å². The third-order valence-electron chi connectivity index (χ3n) is 2.95. The third kappa shape index (κ3) is 2.49. The lowest BCUT2D eigenvalue weighted by atomic mass is 9.95. The van der Waals surface area contributed by atoms with Crippen molar-refractivity contribution in [2.45, 2.75) is 19.3 Å². The minimum atomic E-state index is 0.578. The molecule has 1 aliphatic carbocycles. The van der Waals surface area contributed by atoms with Crippen molar-refractivity contribution in [2.24, 2.45) is 5.92 Å². The van der Waals surface area contributed by atoms with Crippen LogP contribution >= 0.6 is 0 Å². The van der Waals surface area contributed by atoms with Crippen molar-refractivity contribution in [3.63, 3.8) is 0 Å². The molecule has 0 spiro atoms. The van der Waals surface area contributed by atoms with Gasteiger partial charge in [-0.15, -0.1) is 0 Å². The quantitative estimate of drug-likeness (QED) is 0.450. The average molecular weight is 187 g/mol. The summed E-state index contributed by atoms with van der Waals surface area (Å²) in [6.07, 6.45) is 10.2. The first-order valence-electron chi connectivity index (χ1n) is 5.39. The molecule has 14 heavy (non-hydrogen) atoms. The van der Waals surface area contributed by atoms with Gasteiger partial charge in [-0.1, -0.05) is 23.1 Å². The fourth-order valence-corrected chi connectivity index (χ4v) is 1.97. The van der Waals surface area contributed by atoms with Crippen LogP contribution in [-0.2, 0) is 0 Å². The second-order valence-electron chi connectivity index (χ2n) is 4.19. The Morgan fingerprint density at radius 1 is 1.36 bits per heavy atom. The minimum Gasteiger partial charge on any atom is -0.306 e. The van der Waals surface area contributed by atoms with Gasteiger partial charge >= 0.3 is 0 Å². The van der Waals surface area contributed by atoms with E-state index in [1.165, 1.54) is 25.9 Å². The Kier molecular flexibility index (Phi) is 3.06. The lowest BCUT2D eigenvalue weighted by molar-refractivity contribution is 0.311. The van der Waals surface area contributed by atoms with Crippen LogP contribution in [0.3, 0.4) is 0 Å². The summed E-state index contributed by atoms with van der Waals surface area (Å²) in [5.41, 5.74) is 7.66. The second kappa shape index (κ2) is 4.48. The number of likely N-dealkylation sites (tertiary alicyclic amines) is 1. The number of rotatable bonds is 1. The van der Waals surface area contributed by atoms with Gasteiger partial charge in [-0.3, -0.25) is 0 Å². The normalized spacial score (nSPS) is 26.9. The van der Waals surface area contributed by atoms with Crippen LogP contribution in [0.1, 0.15) is 19.3 Å². The van der Waals surface area contributed by atoms with Crippen molar-refractivity contribution >= 4 is 0 Å². The number of nitrogens with zero attached hydrogens (tertiary/aromatic N) is 1. The summed E-state index contributed by atoms with van der Waals surface area (Å²) in [6.45, 7) is 2.43. The van der Waals surface area contributed by atoms with E-state index in [9.17, 15) is 0 Å². The molecule has 0 amide bonds. The fourth-order valence-electron chi connectivity index (χ4n) is 1.97. The molecule has 1 heteroatoms. The van der Waals surface area contributed by atoms with Crippen LogP contribution in [0.4, 0.5) is 0 Å². The Balaban J connectivity index is 1.95. The first-order valence-corrected chi connectivity index (χ1v) is 5.39. The van der Waals surface area contributed by atoms with E-state index in [0.717, 1.165) is 6.42 Å². The van der Waals surface area contributed by atoms with Crippen LogP contribution in [0.15, 0.2) is 35.3 Å². The first kappa shape index (κ1) is 9.55. The molecule has 1 aliphatic heterocycles. The maximum absolute atomic E-state index is 3.05. The molecule has 74 valence electrons. The van der Waals surface area contributed by atoms with Crippen LogP contribution < -0.4 is 0 Å². The molecule has 0 aromatic carbocycles. The van der Waals surface area contributed by atoms with Gasteiger partial charge in [-0.2, -0.15) is 0 Å². The van der Waals surface area contributed by atoms with Gasteiger partial charge in [0.25, 0.3) is 0 Å². The Hall–Kier alpha value is -1.00. The monoisotopic (exact) mass is 187 g/mol. The molecule has 2 aliphatic rings. The van der Waals surface area contributed by atoms with Gasteiger partial charge in [0.1, 0.15) is 0 Å². The van der Waals surface area contributed by atoms with E-state index in [4.69, 9.17) is 0 Å². The van der Waals surface area contributed by atoms with Gasteiger partial charge in [0.05, 0.1) is 0 Å². The van der Waals surface area contributed by atoms with Crippen LogP contribution in [0, 0.1) is 5.92 Å². The molecular formula is C13H17N. The molecule has 0 N–H and O–H groups in total. The zero-order valence-electron chi connectivity index (χ0n) is 8.79. The lowest BCUT2D eigenvalue weighted by Gasteiger charge is -2.24. The number of allylic oxidation sites excluding steroid dienone is 3. The summed E-state index contributed by atoms with van der Waals surface area (Å²) >= 11 is 0. The first-order chi connectivity index (χ1) is 6.84. The Bertz CT molecular complexity index is 315. The summed E-state index contributed by atoms with van der Waals surface area (Å²) in [5.74, 6) is 0.578. The van der Waals surface area contributed by atoms with Crippen molar-refractivity contribution in [3.8, 4) is 0 Å². The molecule has 1 atom stereocenters. The smallest absolute Gasteiger partial charge is 0.00724 e. The van der Waals surface area contributed by atoms with Crippen LogP contribution in [0.5, 0.6) is 0 Å². The second-order valence-corrected chi connectivity index (χ2v) is 4.19. The molecule has 0 bridgehead atoms. The number of hydrogen-bond donors (Lipinski definition) is 0.